The molecule has 36 heavy (non-hydrogen) atoms. The lowest BCUT2D eigenvalue weighted by molar-refractivity contribution is -0.0344. The zero-order valence-corrected chi connectivity index (χ0v) is 18.3. The van der Waals surface area contributed by atoms with E-state index in [-0.39, 0.29) is 11.5 Å². The van der Waals surface area contributed by atoms with Crippen molar-refractivity contribution in [3.05, 3.63) is 71.8 Å². The van der Waals surface area contributed by atoms with Crippen LogP contribution in [0.5, 0.6) is 0 Å². The first-order chi connectivity index (χ1) is 17.0. The van der Waals surface area contributed by atoms with Gasteiger partial charge in [0.25, 0.3) is 0 Å². The quantitative estimate of drug-likeness (QED) is 0.238. The summed E-state index contributed by atoms with van der Waals surface area (Å²) in [6.45, 7) is -4.33. The molecule has 1 aromatic heterocycles. The van der Waals surface area contributed by atoms with Crippen LogP contribution < -0.4 is 16.4 Å². The summed E-state index contributed by atoms with van der Waals surface area (Å²) >= 11 is 0. The number of amides is 2. The molecule has 3 aromatic carbocycles. The molecule has 0 radical (unpaired) electrons. The van der Waals surface area contributed by atoms with Gasteiger partial charge in [0.1, 0.15) is 0 Å². The van der Waals surface area contributed by atoms with E-state index in [1.54, 1.807) is 30.3 Å². The Bertz CT molecular complexity index is 1370. The number of carbonyl (C=O) groups excluding carboxylic acids is 1. The van der Waals surface area contributed by atoms with Crippen molar-refractivity contribution >= 4 is 34.2 Å². The number of alkyl halides is 6. The number of hydrogen-bond acceptors (Lipinski definition) is 4. The third kappa shape index (κ3) is 4.92. The molecule has 2 amide bonds. The number of nitrogens with one attached hydrogen (secondary N) is 2. The lowest BCUT2D eigenvalue weighted by Gasteiger charge is -2.19. The van der Waals surface area contributed by atoms with Crippen LogP contribution >= 0.6 is 0 Å². The van der Waals surface area contributed by atoms with E-state index in [1.165, 1.54) is 12.1 Å². The molecule has 0 bridgehead atoms. The number of nitrogens with two attached hydrogens (primary N) is 1. The van der Waals surface area contributed by atoms with Crippen LogP contribution in [0.3, 0.4) is 0 Å². The lowest BCUT2D eigenvalue weighted by Crippen LogP contribution is -2.23. The van der Waals surface area contributed by atoms with E-state index < -0.39 is 48.0 Å². The summed E-state index contributed by atoms with van der Waals surface area (Å²) in [5.74, 6) is -8.01. The third-order valence-corrected chi connectivity index (χ3v) is 5.35. The highest BCUT2D eigenvalue weighted by molar-refractivity contribution is 6.02. The first-order valence-corrected chi connectivity index (χ1v) is 10.4. The summed E-state index contributed by atoms with van der Waals surface area (Å²) in [5.41, 5.74) is 5.35. The van der Waals surface area contributed by atoms with Crippen molar-refractivity contribution in [2.45, 2.75) is 11.8 Å². The van der Waals surface area contributed by atoms with Crippen LogP contribution in [0.15, 0.2) is 65.2 Å². The molecule has 6 nitrogen and oxygen atoms in total. The van der Waals surface area contributed by atoms with Gasteiger partial charge in [-0.3, -0.25) is 0 Å². The number of anilines is 3. The molecule has 0 atom stereocenters. The molecule has 0 aliphatic rings. The zero-order chi connectivity index (χ0) is 26.1. The Morgan fingerprint density at radius 3 is 2.03 bits per heavy atom. The summed E-state index contributed by atoms with van der Waals surface area (Å²) < 4.78 is 86.0. The minimum atomic E-state index is -4.11. The van der Waals surface area contributed by atoms with Gasteiger partial charge in [0.05, 0.1) is 5.39 Å². The standard InChI is InChI=1S/C24H18F6N4O2/c25-11-23(27,28)14-8-15(24(29,30)12-26)10-17(9-14)33-22(35)32-16-6-4-13(5-7-16)18-2-1-3-19-20(18)21(31)34-36-19/h1-10H,11-12H2,(H2,31,34)(H2,32,33,35). The number of hydrogen-bond donors (Lipinski definition) is 3. The highest BCUT2D eigenvalue weighted by Crippen LogP contribution is 2.37. The average Bonchev–Trinajstić information content (AvgIpc) is 3.25. The van der Waals surface area contributed by atoms with E-state index >= 15 is 0 Å². The molecule has 188 valence electrons. The highest BCUT2D eigenvalue weighted by atomic mass is 19.3. The second-order valence-corrected chi connectivity index (χ2v) is 7.88. The molecule has 4 rings (SSSR count). The smallest absolute Gasteiger partial charge is 0.323 e. The van der Waals surface area contributed by atoms with Crippen LogP contribution in [0.2, 0.25) is 0 Å². The van der Waals surface area contributed by atoms with Gasteiger partial charge >= 0.3 is 17.9 Å². The molecule has 0 unspecified atom stereocenters. The predicted octanol–water partition coefficient (Wildman–Crippen LogP) is 6.84. The van der Waals surface area contributed by atoms with Crippen molar-refractivity contribution in [2.24, 2.45) is 0 Å². The number of rotatable bonds is 7. The Morgan fingerprint density at radius 1 is 0.861 bits per heavy atom. The molecule has 1 heterocycles. The van der Waals surface area contributed by atoms with Crippen molar-refractivity contribution in [1.82, 2.24) is 5.16 Å². The van der Waals surface area contributed by atoms with Crippen molar-refractivity contribution < 1.29 is 35.7 Å². The summed E-state index contributed by atoms with van der Waals surface area (Å²) in [6.07, 6.45) is 0. The molecule has 4 aromatic rings. The molecule has 0 saturated heterocycles. The van der Waals surface area contributed by atoms with Gasteiger partial charge < -0.3 is 20.9 Å². The van der Waals surface area contributed by atoms with E-state index in [4.69, 9.17) is 10.3 Å². The summed E-state index contributed by atoms with van der Waals surface area (Å²) in [4.78, 5) is 12.4. The molecule has 0 fully saturated rings. The van der Waals surface area contributed by atoms with Gasteiger partial charge in [0.15, 0.2) is 24.8 Å². The molecule has 0 aliphatic heterocycles. The summed E-state index contributed by atoms with van der Waals surface area (Å²) in [7, 11) is 0. The van der Waals surface area contributed by atoms with Gasteiger partial charge in [-0.05, 0) is 47.5 Å². The normalized spacial score (nSPS) is 12.1. The molecule has 12 heteroatoms. The number of aromatic nitrogens is 1. The van der Waals surface area contributed by atoms with Gasteiger partial charge in [0, 0.05) is 22.5 Å². The van der Waals surface area contributed by atoms with Gasteiger partial charge in [-0.25, -0.2) is 13.6 Å². The fraction of sp³-hybridized carbons (Fsp3) is 0.167. The van der Waals surface area contributed by atoms with Crippen LogP contribution in [0.25, 0.3) is 22.1 Å². The monoisotopic (exact) mass is 508 g/mol. The van der Waals surface area contributed by atoms with Crippen LogP contribution in [-0.4, -0.2) is 24.5 Å². The van der Waals surface area contributed by atoms with E-state index in [0.717, 1.165) is 11.1 Å². The van der Waals surface area contributed by atoms with E-state index in [1.807, 2.05) is 0 Å². The number of nitrogens with zero attached hydrogens (tertiary/aromatic N) is 1. The van der Waals surface area contributed by atoms with Crippen molar-refractivity contribution in [3.63, 3.8) is 0 Å². The average molecular weight is 508 g/mol. The maximum Gasteiger partial charge on any atom is 0.323 e. The van der Waals surface area contributed by atoms with E-state index in [0.29, 0.717) is 29.2 Å². The SMILES string of the molecule is Nc1noc2cccc(-c3ccc(NC(=O)Nc4cc(C(F)(F)CF)cc(C(F)(F)CF)c4)cc3)c12. The predicted molar refractivity (Wildman–Crippen MR) is 123 cm³/mol. The van der Waals surface area contributed by atoms with E-state index in [2.05, 4.69) is 15.8 Å². The molecule has 0 aliphatic carbocycles. The largest absolute Gasteiger partial charge is 0.380 e. The first kappa shape index (κ1) is 24.9. The minimum Gasteiger partial charge on any atom is -0.380 e. The van der Waals surface area contributed by atoms with Gasteiger partial charge in [-0.1, -0.05) is 29.4 Å². The van der Waals surface area contributed by atoms with Crippen LogP contribution in [0.4, 0.5) is 48.3 Å². The van der Waals surface area contributed by atoms with E-state index in [9.17, 15) is 31.1 Å². The third-order valence-electron chi connectivity index (χ3n) is 5.35. The first-order valence-electron chi connectivity index (χ1n) is 10.4. The fourth-order valence-electron chi connectivity index (χ4n) is 3.56. The Morgan fingerprint density at radius 2 is 1.44 bits per heavy atom. The van der Waals surface area contributed by atoms with Crippen LogP contribution in [0.1, 0.15) is 11.1 Å². The Hall–Kier alpha value is -4.22. The summed E-state index contributed by atoms with van der Waals surface area (Å²) in [5, 5.41) is 8.91. The number of nitrogen functional groups attached to an aromatic ring is 1. The van der Waals surface area contributed by atoms with Gasteiger partial charge in [0.2, 0.25) is 0 Å². The van der Waals surface area contributed by atoms with Gasteiger partial charge in [-0.15, -0.1) is 0 Å². The van der Waals surface area contributed by atoms with Crippen molar-refractivity contribution in [1.29, 1.82) is 0 Å². The topological polar surface area (TPSA) is 93.2 Å². The number of urea groups is 1. The molecule has 0 saturated carbocycles. The van der Waals surface area contributed by atoms with Crippen LogP contribution in [0, 0.1) is 0 Å². The minimum absolute atomic E-state index is 0.209. The number of halogens is 6. The van der Waals surface area contributed by atoms with Gasteiger partial charge in [-0.2, -0.15) is 17.6 Å². The Labute approximate surface area is 200 Å². The lowest BCUT2D eigenvalue weighted by atomic mass is 10.0. The summed E-state index contributed by atoms with van der Waals surface area (Å²) in [6, 6.07) is 12.3. The van der Waals surface area contributed by atoms with Crippen LogP contribution in [-0.2, 0) is 11.8 Å². The zero-order valence-electron chi connectivity index (χ0n) is 18.3. The number of carbonyl (C=O) groups is 1. The molecular formula is C24H18F6N4O2. The Kier molecular flexibility index (Phi) is 6.53. The van der Waals surface area contributed by atoms with Crippen molar-refractivity contribution in [2.75, 3.05) is 29.7 Å². The second-order valence-electron chi connectivity index (χ2n) is 7.88. The highest BCUT2D eigenvalue weighted by Gasteiger charge is 2.37. The second kappa shape index (κ2) is 9.44. The fourth-order valence-corrected chi connectivity index (χ4v) is 3.56. The maximum atomic E-state index is 13.8. The molecular weight excluding hydrogens is 490 g/mol. The number of fused-ring (bicyclic) bond motifs is 1. The van der Waals surface area contributed by atoms with Crippen molar-refractivity contribution in [3.8, 4) is 11.1 Å². The Balaban J connectivity index is 1.55. The molecule has 4 N–H and O–H groups in total. The number of benzene rings is 3. The molecule has 0 spiro atoms. The maximum absolute atomic E-state index is 13.8.